The monoisotopic (exact) mass is 435 g/mol. The summed E-state index contributed by atoms with van der Waals surface area (Å²) in [5.41, 5.74) is 6.84. The van der Waals surface area contributed by atoms with Crippen molar-refractivity contribution >= 4 is 17.7 Å². The predicted octanol–water partition coefficient (Wildman–Crippen LogP) is 4.66. The zero-order valence-electron chi connectivity index (χ0n) is 18.3. The van der Waals surface area contributed by atoms with Gasteiger partial charge in [-0.3, -0.25) is 4.79 Å². The van der Waals surface area contributed by atoms with Crippen molar-refractivity contribution in [3.8, 4) is 11.4 Å². The van der Waals surface area contributed by atoms with Crippen LogP contribution in [0.4, 0.5) is 0 Å². The summed E-state index contributed by atoms with van der Waals surface area (Å²) >= 11 is 1.50. The minimum absolute atomic E-state index is 0.155. The van der Waals surface area contributed by atoms with Crippen LogP contribution >= 0.6 is 11.8 Å². The number of benzene rings is 2. The van der Waals surface area contributed by atoms with E-state index in [4.69, 9.17) is 0 Å². The van der Waals surface area contributed by atoms with Crippen LogP contribution in [0.3, 0.4) is 0 Å². The maximum absolute atomic E-state index is 13.6. The second-order valence-electron chi connectivity index (χ2n) is 7.89. The fraction of sp³-hybridized carbons (Fsp3) is 0.375. The van der Waals surface area contributed by atoms with Crippen molar-refractivity contribution in [1.29, 1.82) is 0 Å². The van der Waals surface area contributed by atoms with Gasteiger partial charge >= 0.3 is 0 Å². The summed E-state index contributed by atoms with van der Waals surface area (Å²) in [4.78, 5) is 15.6. The first-order valence-corrected chi connectivity index (χ1v) is 11.8. The molecule has 6 nitrogen and oxygen atoms in total. The van der Waals surface area contributed by atoms with Crippen molar-refractivity contribution in [2.75, 3.05) is 18.5 Å². The molecule has 0 saturated heterocycles. The Morgan fingerprint density at radius 1 is 1.03 bits per heavy atom. The number of fused-ring (bicyclic) bond motifs is 1. The molecule has 0 saturated carbocycles. The van der Waals surface area contributed by atoms with Gasteiger partial charge in [-0.2, -0.15) is 0 Å². The molecule has 3 aromatic rings. The van der Waals surface area contributed by atoms with E-state index in [1.165, 1.54) is 17.3 Å². The zero-order chi connectivity index (χ0) is 21.8. The number of nitrogens with zero attached hydrogens (tertiary/aromatic N) is 4. The van der Waals surface area contributed by atoms with Gasteiger partial charge in [0.25, 0.3) is 0 Å². The van der Waals surface area contributed by atoms with Gasteiger partial charge in [-0.25, -0.2) is 4.68 Å². The Hall–Kier alpha value is -2.80. The number of nitrogens with one attached hydrogen (secondary N) is 1. The lowest BCUT2D eigenvalue weighted by Gasteiger charge is -2.36. The molecule has 1 aliphatic heterocycles. The summed E-state index contributed by atoms with van der Waals surface area (Å²) in [7, 11) is 0. The Kier molecular flexibility index (Phi) is 6.61. The number of aryl methyl sites for hydroxylation is 1. The van der Waals surface area contributed by atoms with Gasteiger partial charge < -0.3 is 10.3 Å². The second-order valence-corrected chi connectivity index (χ2v) is 9.00. The highest BCUT2D eigenvalue weighted by atomic mass is 32.2. The van der Waals surface area contributed by atoms with Gasteiger partial charge in [0, 0.05) is 18.7 Å². The molecule has 1 aliphatic rings. The van der Waals surface area contributed by atoms with Crippen molar-refractivity contribution in [3.05, 3.63) is 65.7 Å². The van der Waals surface area contributed by atoms with Crippen molar-refractivity contribution in [2.45, 2.75) is 50.1 Å². The highest BCUT2D eigenvalue weighted by Crippen LogP contribution is 2.39. The molecular weight excluding hydrogens is 406 g/mol. The lowest BCUT2D eigenvalue weighted by atomic mass is 10.0. The molecule has 0 radical (unpaired) electrons. The molecule has 0 bridgehead atoms. The van der Waals surface area contributed by atoms with Gasteiger partial charge in [0.05, 0.1) is 6.04 Å². The molecule has 2 atom stereocenters. The summed E-state index contributed by atoms with van der Waals surface area (Å²) < 4.78 is 1.93. The number of carbonyl (C=O) groups excluding carboxylic acids is 1. The maximum Gasteiger partial charge on any atom is 0.238 e. The molecule has 162 valence electrons. The number of thioether (sulfide) groups is 1. The zero-order valence-corrected chi connectivity index (χ0v) is 19.1. The second kappa shape index (κ2) is 9.56. The van der Waals surface area contributed by atoms with Crippen LogP contribution in [0.5, 0.6) is 0 Å². The summed E-state index contributed by atoms with van der Waals surface area (Å²) in [5.74, 6) is 0.910. The van der Waals surface area contributed by atoms with Gasteiger partial charge in [0.15, 0.2) is 5.82 Å². The fourth-order valence-electron chi connectivity index (χ4n) is 3.89. The standard InChI is InChI=1S/C24H29N5OS/c1-4-15-28(16-5-2)23(30)21-20(18-13-11-17(3)12-14-18)27-29-22(25-26-24(29)31-21)19-9-7-6-8-10-19/h6-14,20-21,27H,4-5,15-16H2,1-3H3/t20-,21+/m1/s1. The Labute approximate surface area is 188 Å². The lowest BCUT2D eigenvalue weighted by molar-refractivity contribution is -0.131. The molecule has 1 amide bonds. The van der Waals surface area contributed by atoms with Gasteiger partial charge in [0.1, 0.15) is 5.25 Å². The average molecular weight is 436 g/mol. The first-order chi connectivity index (χ1) is 15.1. The van der Waals surface area contributed by atoms with Crippen LogP contribution in [0, 0.1) is 6.92 Å². The number of rotatable bonds is 7. The van der Waals surface area contributed by atoms with Crippen molar-refractivity contribution < 1.29 is 4.79 Å². The summed E-state index contributed by atoms with van der Waals surface area (Å²) in [6, 6.07) is 18.2. The highest BCUT2D eigenvalue weighted by Gasteiger charge is 2.39. The van der Waals surface area contributed by atoms with E-state index in [-0.39, 0.29) is 17.2 Å². The van der Waals surface area contributed by atoms with E-state index in [9.17, 15) is 4.79 Å². The summed E-state index contributed by atoms with van der Waals surface area (Å²) in [5, 5.41) is 9.24. The number of hydrogen-bond acceptors (Lipinski definition) is 5. The van der Waals surface area contributed by atoms with Crippen molar-refractivity contribution in [1.82, 2.24) is 19.8 Å². The molecule has 0 unspecified atom stereocenters. The molecule has 1 N–H and O–H groups in total. The molecule has 4 rings (SSSR count). The van der Waals surface area contributed by atoms with Gasteiger partial charge in [-0.05, 0) is 25.3 Å². The first-order valence-electron chi connectivity index (χ1n) is 10.9. The molecule has 2 aromatic carbocycles. The van der Waals surface area contributed by atoms with E-state index in [0.717, 1.165) is 42.9 Å². The maximum atomic E-state index is 13.6. The molecule has 2 heterocycles. The molecular formula is C24H29N5OS. The van der Waals surface area contributed by atoms with Crippen LogP contribution < -0.4 is 5.43 Å². The summed E-state index contributed by atoms with van der Waals surface area (Å²) in [6.07, 6.45) is 1.89. The van der Waals surface area contributed by atoms with Crippen LogP contribution in [0.15, 0.2) is 59.8 Å². The molecule has 7 heteroatoms. The quantitative estimate of drug-likeness (QED) is 0.585. The average Bonchev–Trinajstić information content (AvgIpc) is 3.22. The van der Waals surface area contributed by atoms with Crippen LogP contribution in [0.25, 0.3) is 11.4 Å². The highest BCUT2D eigenvalue weighted by molar-refractivity contribution is 8.00. The van der Waals surface area contributed by atoms with Crippen LogP contribution in [-0.4, -0.2) is 44.0 Å². The number of hydrogen-bond donors (Lipinski definition) is 1. The Bertz CT molecular complexity index is 1010. The minimum atomic E-state index is -0.305. The molecule has 0 spiro atoms. The van der Waals surface area contributed by atoms with Crippen molar-refractivity contribution in [2.24, 2.45) is 0 Å². The lowest BCUT2D eigenvalue weighted by Crippen LogP contribution is -2.46. The fourth-order valence-corrected chi connectivity index (χ4v) is 5.06. The third kappa shape index (κ3) is 4.46. The smallest absolute Gasteiger partial charge is 0.238 e. The first kappa shape index (κ1) is 21.4. The van der Waals surface area contributed by atoms with Crippen LogP contribution in [-0.2, 0) is 4.79 Å². The van der Waals surface area contributed by atoms with E-state index >= 15 is 0 Å². The third-order valence-electron chi connectivity index (χ3n) is 5.45. The van der Waals surface area contributed by atoms with Gasteiger partial charge in [-0.15, -0.1) is 10.2 Å². The normalized spacial score (nSPS) is 17.6. The predicted molar refractivity (Wildman–Crippen MR) is 126 cm³/mol. The van der Waals surface area contributed by atoms with Crippen LogP contribution in [0.2, 0.25) is 0 Å². The topological polar surface area (TPSA) is 63.1 Å². The Morgan fingerprint density at radius 2 is 1.71 bits per heavy atom. The third-order valence-corrected chi connectivity index (χ3v) is 6.65. The minimum Gasteiger partial charge on any atom is -0.342 e. The van der Waals surface area contributed by atoms with E-state index in [1.807, 2.05) is 39.9 Å². The van der Waals surface area contributed by atoms with Crippen molar-refractivity contribution in [3.63, 3.8) is 0 Å². The summed E-state index contributed by atoms with van der Waals surface area (Å²) in [6.45, 7) is 7.84. The van der Waals surface area contributed by atoms with Crippen LogP contribution in [0.1, 0.15) is 43.9 Å². The molecule has 1 aromatic heterocycles. The molecule has 0 fully saturated rings. The van der Waals surface area contributed by atoms with Gasteiger partial charge in [-0.1, -0.05) is 85.8 Å². The Balaban J connectivity index is 1.73. The SMILES string of the molecule is CCCN(CCC)C(=O)[C@H]1Sc2nnc(-c3ccccc3)n2N[C@@H]1c1ccc(C)cc1. The van der Waals surface area contributed by atoms with E-state index in [2.05, 4.69) is 60.7 Å². The van der Waals surface area contributed by atoms with E-state index in [0.29, 0.717) is 5.16 Å². The Morgan fingerprint density at radius 3 is 2.35 bits per heavy atom. The van der Waals surface area contributed by atoms with E-state index < -0.39 is 0 Å². The molecule has 31 heavy (non-hydrogen) atoms. The molecule has 0 aliphatic carbocycles. The number of amides is 1. The largest absolute Gasteiger partial charge is 0.342 e. The number of aromatic nitrogens is 3. The van der Waals surface area contributed by atoms with Gasteiger partial charge in [0.2, 0.25) is 11.1 Å². The number of carbonyl (C=O) groups is 1. The van der Waals surface area contributed by atoms with E-state index in [1.54, 1.807) is 0 Å².